The van der Waals surface area contributed by atoms with Gasteiger partial charge in [0.05, 0.1) is 18.1 Å². The summed E-state index contributed by atoms with van der Waals surface area (Å²) in [6.07, 6.45) is 0. The van der Waals surface area contributed by atoms with Crippen LogP contribution in [0.4, 0.5) is 0 Å². The average molecular weight is 230 g/mol. The Hall–Kier alpha value is 0.01000. The lowest BCUT2D eigenvalue weighted by Crippen LogP contribution is -2.92. The number of rotatable bonds is 3. The van der Waals surface area contributed by atoms with E-state index in [-0.39, 0.29) is 0 Å². The van der Waals surface area contributed by atoms with Crippen LogP contribution in [0.5, 0.6) is 0 Å². The number of quaternary nitrogens is 1. The van der Waals surface area contributed by atoms with Crippen LogP contribution in [0.2, 0.25) is 0 Å². The fourth-order valence-electron chi connectivity index (χ4n) is 0.770. The van der Waals surface area contributed by atoms with E-state index in [1.807, 2.05) is 0 Å². The minimum atomic E-state index is -1.46. The molecule has 0 bridgehead atoms. The standard InChI is InChI=1S/C6H15N.C2H2Cl2O2/c1-5(2)7-6(3)4;3-1(4)2(5)6/h5-7H,1-4H3;1H,(H,5,6). The van der Waals surface area contributed by atoms with Gasteiger partial charge in [-0.25, -0.2) is 0 Å². The molecule has 5 heteroatoms. The molecule has 0 aromatic heterocycles. The van der Waals surface area contributed by atoms with Crippen molar-refractivity contribution < 1.29 is 15.2 Å². The summed E-state index contributed by atoms with van der Waals surface area (Å²) in [5, 5.41) is 11.7. The van der Waals surface area contributed by atoms with E-state index >= 15 is 0 Å². The maximum absolute atomic E-state index is 9.32. The largest absolute Gasteiger partial charge is 0.547 e. The third-order valence-electron chi connectivity index (χ3n) is 0.948. The Morgan fingerprint density at radius 1 is 1.15 bits per heavy atom. The predicted molar refractivity (Wildman–Crippen MR) is 52.7 cm³/mol. The number of carboxylic acid groups (broad SMARTS) is 1. The van der Waals surface area contributed by atoms with Crippen molar-refractivity contribution in [3.05, 3.63) is 0 Å². The number of alkyl halides is 2. The Morgan fingerprint density at radius 2 is 1.38 bits per heavy atom. The zero-order valence-electron chi connectivity index (χ0n) is 8.38. The average Bonchev–Trinajstić information content (AvgIpc) is 1.84. The lowest BCUT2D eigenvalue weighted by atomic mass is 10.3. The van der Waals surface area contributed by atoms with Crippen LogP contribution in [0, 0.1) is 0 Å². The molecule has 0 spiro atoms. The summed E-state index contributed by atoms with van der Waals surface area (Å²) in [5.41, 5.74) is 0. The van der Waals surface area contributed by atoms with E-state index < -0.39 is 10.8 Å². The predicted octanol–water partition coefficient (Wildman–Crippen LogP) is -0.0934. The van der Waals surface area contributed by atoms with E-state index in [9.17, 15) is 9.90 Å². The van der Waals surface area contributed by atoms with Crippen molar-refractivity contribution in [3.63, 3.8) is 0 Å². The molecule has 3 nitrogen and oxygen atoms in total. The van der Waals surface area contributed by atoms with Crippen LogP contribution < -0.4 is 10.4 Å². The molecule has 0 fully saturated rings. The van der Waals surface area contributed by atoms with Crippen molar-refractivity contribution in [1.29, 1.82) is 0 Å². The number of carbonyl (C=O) groups is 1. The van der Waals surface area contributed by atoms with Crippen molar-refractivity contribution in [2.45, 2.75) is 44.6 Å². The molecule has 0 saturated carbocycles. The summed E-state index contributed by atoms with van der Waals surface area (Å²) in [6.45, 7) is 8.83. The number of aliphatic carboxylic acids is 1. The van der Waals surface area contributed by atoms with Crippen LogP contribution in [0.15, 0.2) is 0 Å². The van der Waals surface area contributed by atoms with E-state index in [0.29, 0.717) is 0 Å². The SMILES string of the molecule is CC(C)[NH2+]C(C)C.O=C([O-])C(Cl)Cl. The van der Waals surface area contributed by atoms with Crippen LogP contribution in [-0.4, -0.2) is 22.9 Å². The van der Waals surface area contributed by atoms with Crippen molar-refractivity contribution in [3.8, 4) is 0 Å². The van der Waals surface area contributed by atoms with Crippen LogP contribution >= 0.6 is 23.2 Å². The van der Waals surface area contributed by atoms with E-state index in [1.54, 1.807) is 0 Å². The van der Waals surface area contributed by atoms with Gasteiger partial charge in [-0.3, -0.25) is 0 Å². The number of carbonyl (C=O) groups excluding carboxylic acids is 1. The first-order valence-electron chi connectivity index (χ1n) is 4.11. The summed E-state index contributed by atoms with van der Waals surface area (Å²) in [6, 6.07) is 1.50. The van der Waals surface area contributed by atoms with Crippen LogP contribution in [0.25, 0.3) is 0 Å². The summed E-state index contributed by atoms with van der Waals surface area (Å²) < 4.78 is 0. The highest BCUT2D eigenvalue weighted by atomic mass is 35.5. The molecule has 0 saturated heterocycles. The number of hydrogen-bond acceptors (Lipinski definition) is 2. The van der Waals surface area contributed by atoms with Crippen LogP contribution in [0.1, 0.15) is 27.7 Å². The van der Waals surface area contributed by atoms with E-state index in [0.717, 1.165) is 12.1 Å². The molecule has 80 valence electrons. The minimum absolute atomic E-state index is 0.750. The first-order valence-corrected chi connectivity index (χ1v) is 4.98. The van der Waals surface area contributed by atoms with Gasteiger partial charge in [0.25, 0.3) is 0 Å². The van der Waals surface area contributed by atoms with Crippen molar-refractivity contribution in [1.82, 2.24) is 0 Å². The minimum Gasteiger partial charge on any atom is -0.547 e. The molecule has 0 aliphatic heterocycles. The normalized spacial score (nSPS) is 10.2. The topological polar surface area (TPSA) is 56.7 Å². The molecule has 0 atom stereocenters. The molecular weight excluding hydrogens is 213 g/mol. The molecule has 0 aromatic carbocycles. The molecule has 0 rings (SSSR count). The van der Waals surface area contributed by atoms with E-state index in [1.165, 1.54) is 0 Å². The van der Waals surface area contributed by atoms with Gasteiger partial charge in [-0.2, -0.15) is 0 Å². The highest BCUT2D eigenvalue weighted by molar-refractivity contribution is 6.52. The fourth-order valence-corrected chi connectivity index (χ4v) is 0.770. The number of nitrogens with two attached hydrogens (primary N) is 1. The first kappa shape index (κ1) is 15.5. The van der Waals surface area contributed by atoms with Crippen LogP contribution in [0.3, 0.4) is 0 Å². The Kier molecular flexibility index (Phi) is 10.2. The van der Waals surface area contributed by atoms with Crippen molar-refractivity contribution in [2.24, 2.45) is 0 Å². The zero-order valence-corrected chi connectivity index (χ0v) is 9.89. The molecule has 2 N–H and O–H groups in total. The van der Waals surface area contributed by atoms with Gasteiger partial charge in [0, 0.05) is 0 Å². The van der Waals surface area contributed by atoms with Gasteiger partial charge in [0.2, 0.25) is 0 Å². The lowest BCUT2D eigenvalue weighted by Gasteiger charge is -2.06. The van der Waals surface area contributed by atoms with Gasteiger partial charge in [0.1, 0.15) is 4.84 Å². The number of halogens is 2. The third-order valence-corrected chi connectivity index (χ3v) is 1.30. The number of carboxylic acids is 1. The Labute approximate surface area is 89.4 Å². The molecule has 13 heavy (non-hydrogen) atoms. The Morgan fingerprint density at radius 3 is 1.38 bits per heavy atom. The summed E-state index contributed by atoms with van der Waals surface area (Å²) in [5.74, 6) is -1.46. The van der Waals surface area contributed by atoms with Gasteiger partial charge in [0.15, 0.2) is 0 Å². The van der Waals surface area contributed by atoms with Crippen LogP contribution in [-0.2, 0) is 4.79 Å². The van der Waals surface area contributed by atoms with E-state index in [4.69, 9.17) is 23.2 Å². The fraction of sp³-hybridized carbons (Fsp3) is 0.875. The summed E-state index contributed by atoms with van der Waals surface area (Å²) in [4.78, 5) is 7.93. The maximum atomic E-state index is 9.32. The lowest BCUT2D eigenvalue weighted by molar-refractivity contribution is -0.709. The zero-order chi connectivity index (χ0) is 11.0. The highest BCUT2D eigenvalue weighted by Crippen LogP contribution is 1.96. The van der Waals surface area contributed by atoms with Gasteiger partial charge in [-0.1, -0.05) is 23.2 Å². The summed E-state index contributed by atoms with van der Waals surface area (Å²) in [7, 11) is 0. The van der Waals surface area contributed by atoms with E-state index in [2.05, 4.69) is 33.0 Å². The smallest absolute Gasteiger partial charge is 0.146 e. The molecule has 0 heterocycles. The highest BCUT2D eigenvalue weighted by Gasteiger charge is 1.97. The first-order chi connectivity index (χ1) is 5.77. The Bertz CT molecular complexity index is 132. The Balaban J connectivity index is 0. The third kappa shape index (κ3) is 18.8. The monoisotopic (exact) mass is 229 g/mol. The number of hydrogen-bond donors (Lipinski definition) is 1. The second kappa shape index (κ2) is 8.60. The van der Waals surface area contributed by atoms with Gasteiger partial charge < -0.3 is 15.2 Å². The van der Waals surface area contributed by atoms with Gasteiger partial charge >= 0.3 is 0 Å². The summed E-state index contributed by atoms with van der Waals surface area (Å²) >= 11 is 9.43. The second-order valence-electron chi connectivity index (χ2n) is 3.30. The quantitative estimate of drug-likeness (QED) is 0.688. The molecule has 0 aliphatic carbocycles. The second-order valence-corrected chi connectivity index (χ2v) is 4.40. The molecule has 0 aliphatic rings. The molecule has 0 aromatic rings. The van der Waals surface area contributed by atoms with Gasteiger partial charge in [-0.05, 0) is 27.7 Å². The molecular formula is C8H17Cl2NO2. The molecule has 0 amide bonds. The molecule has 0 radical (unpaired) electrons. The van der Waals surface area contributed by atoms with Crippen molar-refractivity contribution >= 4 is 29.2 Å². The van der Waals surface area contributed by atoms with Gasteiger partial charge in [-0.15, -0.1) is 0 Å². The molecule has 0 unspecified atom stereocenters. The van der Waals surface area contributed by atoms with Crippen molar-refractivity contribution in [2.75, 3.05) is 0 Å². The maximum Gasteiger partial charge on any atom is 0.146 e.